The fourth-order valence-electron chi connectivity index (χ4n) is 1.95. The van der Waals surface area contributed by atoms with Gasteiger partial charge in [0.05, 0.1) is 12.0 Å². The summed E-state index contributed by atoms with van der Waals surface area (Å²) in [4.78, 5) is 0. The van der Waals surface area contributed by atoms with Crippen LogP contribution in [0, 0.1) is 18.3 Å². The Morgan fingerprint density at radius 1 is 1.05 bits per heavy atom. The van der Waals surface area contributed by atoms with E-state index < -0.39 is 0 Å². The van der Waals surface area contributed by atoms with Gasteiger partial charge in [0.2, 0.25) is 0 Å². The Kier molecular flexibility index (Phi) is 5.06. The first-order valence-corrected chi connectivity index (χ1v) is 7.53. The molecule has 1 nitrogen and oxygen atoms in total. The summed E-state index contributed by atoms with van der Waals surface area (Å²) in [6.07, 6.45) is 0. The van der Waals surface area contributed by atoms with E-state index in [1.54, 1.807) is 0 Å². The second-order valence-corrected chi connectivity index (χ2v) is 5.56. The smallest absolute Gasteiger partial charge is 0.0803 e. The van der Waals surface area contributed by atoms with Crippen molar-refractivity contribution in [3.05, 3.63) is 71.3 Å². The van der Waals surface area contributed by atoms with Crippen molar-refractivity contribution in [2.24, 2.45) is 0 Å². The van der Waals surface area contributed by atoms with Crippen LogP contribution in [0.25, 0.3) is 0 Å². The molecular weight excluding hydrogens is 250 g/mol. The lowest BCUT2D eigenvalue weighted by Crippen LogP contribution is -1.99. The average molecular weight is 267 g/mol. The van der Waals surface area contributed by atoms with Crippen molar-refractivity contribution >= 4 is 11.8 Å². The van der Waals surface area contributed by atoms with Crippen LogP contribution in [0.4, 0.5) is 0 Å². The van der Waals surface area contributed by atoms with Crippen molar-refractivity contribution in [3.8, 4) is 6.07 Å². The van der Waals surface area contributed by atoms with Crippen LogP contribution < -0.4 is 0 Å². The van der Waals surface area contributed by atoms with Gasteiger partial charge >= 0.3 is 0 Å². The van der Waals surface area contributed by atoms with Crippen LogP contribution in [0.3, 0.4) is 0 Å². The Morgan fingerprint density at radius 2 is 1.74 bits per heavy atom. The van der Waals surface area contributed by atoms with Crippen molar-refractivity contribution in [1.29, 1.82) is 5.26 Å². The summed E-state index contributed by atoms with van der Waals surface area (Å²) in [7, 11) is 0. The number of nitriles is 1. The van der Waals surface area contributed by atoms with Crippen LogP contribution in [0.2, 0.25) is 0 Å². The second-order valence-electron chi connectivity index (χ2n) is 4.53. The zero-order valence-corrected chi connectivity index (χ0v) is 11.9. The first kappa shape index (κ1) is 13.7. The van der Waals surface area contributed by atoms with E-state index in [0.717, 1.165) is 17.1 Å². The molecule has 19 heavy (non-hydrogen) atoms. The highest BCUT2D eigenvalue weighted by Crippen LogP contribution is 2.23. The number of rotatable bonds is 5. The monoisotopic (exact) mass is 267 g/mol. The first-order valence-electron chi connectivity index (χ1n) is 6.38. The van der Waals surface area contributed by atoms with Gasteiger partial charge in [0.15, 0.2) is 0 Å². The third kappa shape index (κ3) is 3.87. The molecule has 0 aromatic heterocycles. The third-order valence-electron chi connectivity index (χ3n) is 3.16. The fourth-order valence-corrected chi connectivity index (χ4v) is 3.12. The highest BCUT2D eigenvalue weighted by Gasteiger charge is 2.10. The molecule has 0 aliphatic rings. The summed E-state index contributed by atoms with van der Waals surface area (Å²) in [5.74, 6) is 1.79. The van der Waals surface area contributed by atoms with Gasteiger partial charge in [0, 0.05) is 11.5 Å². The molecule has 1 unspecified atom stereocenters. The maximum Gasteiger partial charge on any atom is 0.0803 e. The van der Waals surface area contributed by atoms with Crippen LogP contribution in [0.1, 0.15) is 22.6 Å². The Labute approximate surface area is 119 Å². The number of nitrogens with zero attached hydrogens (tertiary/aromatic N) is 1. The Morgan fingerprint density at radius 3 is 2.42 bits per heavy atom. The normalized spacial score (nSPS) is 11.8. The van der Waals surface area contributed by atoms with Gasteiger partial charge in [0.25, 0.3) is 0 Å². The SMILES string of the molecule is Cc1ccccc1CSCC(C#N)c1ccccc1. The standard InChI is InChI=1S/C17H17NS/c1-14-7-5-6-10-16(14)12-19-13-17(11-18)15-8-3-2-4-9-15/h2-10,17H,12-13H2,1H3. The van der Waals surface area contributed by atoms with Gasteiger partial charge in [-0.2, -0.15) is 17.0 Å². The van der Waals surface area contributed by atoms with Gasteiger partial charge in [0.1, 0.15) is 0 Å². The van der Waals surface area contributed by atoms with E-state index in [1.807, 2.05) is 42.1 Å². The minimum atomic E-state index is -0.0183. The van der Waals surface area contributed by atoms with Crippen molar-refractivity contribution < 1.29 is 0 Å². The molecule has 0 aliphatic heterocycles. The molecule has 0 spiro atoms. The maximum atomic E-state index is 9.27. The molecule has 0 amide bonds. The van der Waals surface area contributed by atoms with Gasteiger partial charge in [-0.25, -0.2) is 0 Å². The van der Waals surface area contributed by atoms with Gasteiger partial charge < -0.3 is 0 Å². The minimum Gasteiger partial charge on any atom is -0.198 e. The maximum absolute atomic E-state index is 9.27. The van der Waals surface area contributed by atoms with Crippen LogP contribution >= 0.6 is 11.8 Å². The zero-order valence-electron chi connectivity index (χ0n) is 11.0. The summed E-state index contributed by atoms with van der Waals surface area (Å²) in [5.41, 5.74) is 3.79. The lowest BCUT2D eigenvalue weighted by atomic mass is 10.0. The van der Waals surface area contributed by atoms with E-state index in [0.29, 0.717) is 0 Å². The summed E-state index contributed by atoms with van der Waals surface area (Å²) in [6, 6.07) is 20.9. The molecule has 0 N–H and O–H groups in total. The molecule has 0 saturated carbocycles. The van der Waals surface area contributed by atoms with E-state index in [2.05, 4.69) is 37.3 Å². The second kappa shape index (κ2) is 7.01. The van der Waals surface area contributed by atoms with Crippen LogP contribution in [0.15, 0.2) is 54.6 Å². The summed E-state index contributed by atoms with van der Waals surface area (Å²) >= 11 is 1.83. The molecule has 2 aromatic carbocycles. The van der Waals surface area contributed by atoms with Crippen LogP contribution in [0.5, 0.6) is 0 Å². The molecule has 1 atom stereocenters. The summed E-state index contributed by atoms with van der Waals surface area (Å²) in [6.45, 7) is 2.13. The third-order valence-corrected chi connectivity index (χ3v) is 4.25. The molecule has 2 heteroatoms. The van der Waals surface area contributed by atoms with E-state index in [-0.39, 0.29) is 5.92 Å². The quantitative estimate of drug-likeness (QED) is 0.794. The fraction of sp³-hybridized carbons (Fsp3) is 0.235. The lowest BCUT2D eigenvalue weighted by Gasteiger charge is -2.10. The number of hydrogen-bond donors (Lipinski definition) is 0. The van der Waals surface area contributed by atoms with E-state index in [1.165, 1.54) is 11.1 Å². The number of hydrogen-bond acceptors (Lipinski definition) is 2. The van der Waals surface area contributed by atoms with E-state index in [4.69, 9.17) is 0 Å². The molecule has 0 heterocycles. The Balaban J connectivity index is 1.92. The highest BCUT2D eigenvalue weighted by molar-refractivity contribution is 7.98. The molecule has 2 rings (SSSR count). The van der Waals surface area contributed by atoms with Crippen LogP contribution in [-0.4, -0.2) is 5.75 Å². The highest BCUT2D eigenvalue weighted by atomic mass is 32.2. The topological polar surface area (TPSA) is 23.8 Å². The predicted octanol–water partition coefficient (Wildman–Crippen LogP) is 4.54. The molecule has 0 saturated heterocycles. The van der Waals surface area contributed by atoms with Gasteiger partial charge in [-0.05, 0) is 23.6 Å². The summed E-state index contributed by atoms with van der Waals surface area (Å²) < 4.78 is 0. The number of thioether (sulfide) groups is 1. The Bertz CT molecular complexity index is 557. The number of aryl methyl sites for hydroxylation is 1. The zero-order chi connectivity index (χ0) is 13.5. The van der Waals surface area contributed by atoms with E-state index in [9.17, 15) is 5.26 Å². The lowest BCUT2D eigenvalue weighted by molar-refractivity contribution is 0.996. The largest absolute Gasteiger partial charge is 0.198 e. The van der Waals surface area contributed by atoms with Crippen molar-refractivity contribution in [2.75, 3.05) is 5.75 Å². The minimum absolute atomic E-state index is 0.0183. The molecule has 0 aliphatic carbocycles. The van der Waals surface area contributed by atoms with E-state index >= 15 is 0 Å². The molecule has 0 bridgehead atoms. The van der Waals surface area contributed by atoms with Crippen molar-refractivity contribution in [3.63, 3.8) is 0 Å². The summed E-state index contributed by atoms with van der Waals surface area (Å²) in [5, 5.41) is 9.27. The molecular formula is C17H17NS. The molecule has 0 radical (unpaired) electrons. The number of benzene rings is 2. The average Bonchev–Trinajstić information content (AvgIpc) is 2.46. The first-order chi connectivity index (χ1) is 9.31. The van der Waals surface area contributed by atoms with Gasteiger partial charge in [-0.3, -0.25) is 0 Å². The molecule has 96 valence electrons. The van der Waals surface area contributed by atoms with Crippen LogP contribution in [-0.2, 0) is 5.75 Å². The van der Waals surface area contributed by atoms with Gasteiger partial charge in [-0.15, -0.1) is 0 Å². The van der Waals surface area contributed by atoms with Gasteiger partial charge in [-0.1, -0.05) is 54.6 Å². The van der Waals surface area contributed by atoms with Crippen molar-refractivity contribution in [1.82, 2.24) is 0 Å². The van der Waals surface area contributed by atoms with Crippen molar-refractivity contribution in [2.45, 2.75) is 18.6 Å². The predicted molar refractivity (Wildman–Crippen MR) is 82.1 cm³/mol. The molecule has 2 aromatic rings. The molecule has 0 fully saturated rings. The Hall–Kier alpha value is -1.72.